The maximum Gasteiger partial charge on any atom is 0.125 e. The van der Waals surface area contributed by atoms with Crippen LogP contribution in [0.25, 0.3) is 0 Å². The van der Waals surface area contributed by atoms with Crippen LogP contribution >= 0.6 is 49.9 Å². The van der Waals surface area contributed by atoms with Gasteiger partial charge in [-0.25, -0.2) is 0 Å². The summed E-state index contributed by atoms with van der Waals surface area (Å²) in [6, 6.07) is 7.00. The zero-order valence-corrected chi connectivity index (χ0v) is 16.3. The Hall–Kier alpha value is -0.110. The van der Waals surface area contributed by atoms with Gasteiger partial charge < -0.3 is 10.1 Å². The van der Waals surface area contributed by atoms with Crippen molar-refractivity contribution in [2.75, 3.05) is 13.2 Å². The van der Waals surface area contributed by atoms with E-state index in [1.807, 2.05) is 0 Å². The fourth-order valence-electron chi connectivity index (χ4n) is 2.78. The van der Waals surface area contributed by atoms with E-state index in [0.717, 1.165) is 36.2 Å². The zero-order valence-electron chi connectivity index (χ0n) is 11.8. The SMILES string of the molecule is CCNC(Cc1cc(Br)cc2c1OCC2)c1csc(I)c1. The van der Waals surface area contributed by atoms with Crippen molar-refractivity contribution in [3.05, 3.63) is 47.6 Å². The number of hydrogen-bond acceptors (Lipinski definition) is 3. The molecule has 1 aliphatic rings. The fraction of sp³-hybridized carbons (Fsp3) is 0.375. The molecule has 2 nitrogen and oxygen atoms in total. The van der Waals surface area contributed by atoms with Crippen LogP contribution in [0.1, 0.15) is 29.7 Å². The van der Waals surface area contributed by atoms with E-state index in [9.17, 15) is 0 Å². The number of nitrogens with one attached hydrogen (secondary N) is 1. The van der Waals surface area contributed by atoms with Gasteiger partial charge in [0.2, 0.25) is 0 Å². The summed E-state index contributed by atoms with van der Waals surface area (Å²) in [5.74, 6) is 1.10. The third-order valence-electron chi connectivity index (χ3n) is 3.69. The largest absolute Gasteiger partial charge is 0.493 e. The zero-order chi connectivity index (χ0) is 14.8. The minimum atomic E-state index is 0.345. The quantitative estimate of drug-likeness (QED) is 0.615. The molecule has 1 atom stereocenters. The van der Waals surface area contributed by atoms with Gasteiger partial charge in [-0.15, -0.1) is 11.3 Å². The van der Waals surface area contributed by atoms with E-state index in [4.69, 9.17) is 4.74 Å². The van der Waals surface area contributed by atoms with Crippen molar-refractivity contribution in [2.24, 2.45) is 0 Å². The second kappa shape index (κ2) is 6.98. The highest BCUT2D eigenvalue weighted by Gasteiger charge is 2.21. The van der Waals surface area contributed by atoms with Gasteiger partial charge in [0.05, 0.1) is 9.49 Å². The van der Waals surface area contributed by atoms with Gasteiger partial charge >= 0.3 is 0 Å². The number of fused-ring (bicyclic) bond motifs is 1. The molecule has 1 N–H and O–H groups in total. The molecule has 3 rings (SSSR count). The predicted octanol–water partition coefficient (Wildman–Crippen LogP) is 4.94. The first-order valence-electron chi connectivity index (χ1n) is 7.08. The van der Waals surface area contributed by atoms with Crippen LogP contribution in [-0.4, -0.2) is 13.2 Å². The summed E-state index contributed by atoms with van der Waals surface area (Å²) in [6.45, 7) is 3.93. The summed E-state index contributed by atoms with van der Waals surface area (Å²) in [5, 5.41) is 5.86. The van der Waals surface area contributed by atoms with Gasteiger partial charge in [-0.2, -0.15) is 0 Å². The second-order valence-corrected chi connectivity index (χ2v) is 8.87. The molecule has 0 radical (unpaired) electrons. The van der Waals surface area contributed by atoms with Gasteiger partial charge in [0, 0.05) is 16.9 Å². The third kappa shape index (κ3) is 3.63. The molecule has 0 saturated heterocycles. The number of hydrogen-bond donors (Lipinski definition) is 1. The predicted molar refractivity (Wildman–Crippen MR) is 100 cm³/mol. The molecule has 0 saturated carbocycles. The number of halogens is 2. The lowest BCUT2D eigenvalue weighted by Gasteiger charge is -2.19. The first kappa shape index (κ1) is 15.8. The van der Waals surface area contributed by atoms with Crippen LogP contribution in [0.15, 0.2) is 28.1 Å². The molecule has 2 aromatic rings. The highest BCUT2D eigenvalue weighted by atomic mass is 127. The van der Waals surface area contributed by atoms with Crippen molar-refractivity contribution < 1.29 is 4.74 Å². The summed E-state index contributed by atoms with van der Waals surface area (Å²) in [6.07, 6.45) is 1.98. The Morgan fingerprint density at radius 3 is 3.00 bits per heavy atom. The van der Waals surface area contributed by atoms with Crippen molar-refractivity contribution >= 4 is 49.9 Å². The molecular formula is C16H17BrINOS. The molecule has 0 aliphatic carbocycles. The van der Waals surface area contributed by atoms with Crippen LogP contribution in [0.4, 0.5) is 0 Å². The van der Waals surface area contributed by atoms with Crippen LogP contribution < -0.4 is 10.1 Å². The number of rotatable bonds is 5. The average Bonchev–Trinajstić information content (AvgIpc) is 3.06. The number of benzene rings is 1. The third-order valence-corrected chi connectivity index (χ3v) is 5.96. The minimum Gasteiger partial charge on any atom is -0.493 e. The van der Waals surface area contributed by atoms with Gasteiger partial charge in [0.15, 0.2) is 0 Å². The molecule has 0 spiro atoms. The number of ether oxygens (including phenoxy) is 1. The Bertz CT molecular complexity index is 643. The fourth-order valence-corrected chi connectivity index (χ4v) is 4.76. The maximum absolute atomic E-state index is 5.86. The second-order valence-electron chi connectivity index (χ2n) is 5.15. The summed E-state index contributed by atoms with van der Waals surface area (Å²) in [7, 11) is 0. The van der Waals surface area contributed by atoms with Crippen molar-refractivity contribution in [3.63, 3.8) is 0 Å². The molecule has 1 aliphatic heterocycles. The summed E-state index contributed by atoms with van der Waals surface area (Å²) in [4.78, 5) is 0. The van der Waals surface area contributed by atoms with Crippen LogP contribution in [0.3, 0.4) is 0 Å². The average molecular weight is 478 g/mol. The van der Waals surface area contributed by atoms with Crippen molar-refractivity contribution in [2.45, 2.75) is 25.8 Å². The Morgan fingerprint density at radius 2 is 2.29 bits per heavy atom. The Balaban J connectivity index is 1.90. The molecule has 2 heterocycles. The number of thiophene rings is 1. The van der Waals surface area contributed by atoms with Gasteiger partial charge in [0.1, 0.15) is 5.75 Å². The van der Waals surface area contributed by atoms with E-state index in [1.165, 1.54) is 19.6 Å². The summed E-state index contributed by atoms with van der Waals surface area (Å²) in [5.41, 5.74) is 4.00. The topological polar surface area (TPSA) is 21.3 Å². The van der Waals surface area contributed by atoms with E-state index in [1.54, 1.807) is 11.3 Å². The molecule has 1 aromatic heterocycles. The lowest BCUT2D eigenvalue weighted by molar-refractivity contribution is 0.351. The highest BCUT2D eigenvalue weighted by molar-refractivity contribution is 14.1. The molecule has 0 amide bonds. The Labute approximate surface area is 151 Å². The van der Waals surface area contributed by atoms with E-state index in [2.05, 4.69) is 74.3 Å². The smallest absolute Gasteiger partial charge is 0.125 e. The Kier molecular flexibility index (Phi) is 5.24. The van der Waals surface area contributed by atoms with Gasteiger partial charge in [0.25, 0.3) is 0 Å². The molecule has 21 heavy (non-hydrogen) atoms. The van der Waals surface area contributed by atoms with Crippen LogP contribution in [-0.2, 0) is 12.8 Å². The first-order valence-corrected chi connectivity index (χ1v) is 9.84. The molecule has 1 unspecified atom stereocenters. The number of likely N-dealkylation sites (N-methyl/N-ethyl adjacent to an activating group) is 1. The summed E-state index contributed by atoms with van der Waals surface area (Å²) >= 11 is 7.82. The van der Waals surface area contributed by atoms with Crippen molar-refractivity contribution in [1.29, 1.82) is 0 Å². The van der Waals surface area contributed by atoms with E-state index in [-0.39, 0.29) is 0 Å². The van der Waals surface area contributed by atoms with E-state index >= 15 is 0 Å². The molecule has 0 fully saturated rings. The van der Waals surface area contributed by atoms with Gasteiger partial charge in [-0.3, -0.25) is 0 Å². The highest BCUT2D eigenvalue weighted by Crippen LogP contribution is 2.36. The van der Waals surface area contributed by atoms with Gasteiger partial charge in [-0.05, 0) is 75.8 Å². The first-order chi connectivity index (χ1) is 10.2. The van der Waals surface area contributed by atoms with E-state index < -0.39 is 0 Å². The molecule has 0 bridgehead atoms. The lowest BCUT2D eigenvalue weighted by atomic mass is 9.98. The Morgan fingerprint density at radius 1 is 1.43 bits per heavy atom. The van der Waals surface area contributed by atoms with Crippen LogP contribution in [0.5, 0.6) is 5.75 Å². The standard InChI is InChI=1S/C16H17BrINOS/c1-2-19-14(12-8-15(18)21-9-12)7-11-6-13(17)5-10-3-4-20-16(10)11/h5-6,8-9,14,19H,2-4,7H2,1H3. The minimum absolute atomic E-state index is 0.345. The van der Waals surface area contributed by atoms with Crippen molar-refractivity contribution in [3.8, 4) is 5.75 Å². The lowest BCUT2D eigenvalue weighted by Crippen LogP contribution is -2.22. The monoisotopic (exact) mass is 477 g/mol. The molecule has 112 valence electrons. The van der Waals surface area contributed by atoms with Gasteiger partial charge in [-0.1, -0.05) is 22.9 Å². The molecule has 5 heteroatoms. The van der Waals surface area contributed by atoms with Crippen LogP contribution in [0.2, 0.25) is 0 Å². The molecular weight excluding hydrogens is 461 g/mol. The van der Waals surface area contributed by atoms with Crippen molar-refractivity contribution in [1.82, 2.24) is 5.32 Å². The van der Waals surface area contributed by atoms with Crippen LogP contribution in [0, 0.1) is 2.88 Å². The normalized spacial score (nSPS) is 14.8. The van der Waals surface area contributed by atoms with E-state index in [0.29, 0.717) is 6.04 Å². The maximum atomic E-state index is 5.86. The summed E-state index contributed by atoms with van der Waals surface area (Å²) < 4.78 is 8.34. The molecule has 1 aromatic carbocycles.